The fourth-order valence-corrected chi connectivity index (χ4v) is 3.16. The van der Waals surface area contributed by atoms with Crippen molar-refractivity contribution in [1.29, 1.82) is 0 Å². The van der Waals surface area contributed by atoms with E-state index in [-0.39, 0.29) is 12.5 Å². The average molecular weight is 362 g/mol. The zero-order chi connectivity index (χ0) is 14.8. The molecule has 1 aromatic carbocycles. The van der Waals surface area contributed by atoms with Gasteiger partial charge in [-0.2, -0.15) is 0 Å². The van der Waals surface area contributed by atoms with E-state index in [0.717, 1.165) is 23.9 Å². The van der Waals surface area contributed by atoms with E-state index in [1.165, 1.54) is 0 Å². The zero-order valence-corrected chi connectivity index (χ0v) is 13.7. The number of β-amino-alcohol motifs (C(OH)–C–C–N with tert-alkyl or cyclic N) is 1. The minimum Gasteiger partial charge on any atom is -0.389 e. The lowest BCUT2D eigenvalue weighted by Crippen LogP contribution is -2.48. The lowest BCUT2D eigenvalue weighted by Gasteiger charge is -2.36. The third-order valence-electron chi connectivity index (χ3n) is 3.33. The van der Waals surface area contributed by atoms with Gasteiger partial charge in [-0.3, -0.25) is 9.69 Å². The van der Waals surface area contributed by atoms with Gasteiger partial charge in [-0.15, -0.1) is 0 Å². The molecular weight excluding hydrogens is 344 g/mol. The van der Waals surface area contributed by atoms with E-state index in [4.69, 9.17) is 11.6 Å². The lowest BCUT2D eigenvalue weighted by atomic mass is 9.95. The van der Waals surface area contributed by atoms with Gasteiger partial charge in [0.05, 0.1) is 22.9 Å². The molecule has 110 valence electrons. The number of nitrogens with one attached hydrogen (secondary N) is 1. The number of hydrogen-bond donors (Lipinski definition) is 2. The first-order valence-electron chi connectivity index (χ1n) is 6.55. The summed E-state index contributed by atoms with van der Waals surface area (Å²) in [7, 11) is 0. The van der Waals surface area contributed by atoms with Gasteiger partial charge < -0.3 is 10.4 Å². The fraction of sp³-hybridized carbons (Fsp3) is 0.500. The molecule has 20 heavy (non-hydrogen) atoms. The van der Waals surface area contributed by atoms with Gasteiger partial charge in [0.25, 0.3) is 0 Å². The molecule has 2 N–H and O–H groups in total. The number of carbonyl (C=O) groups excluding carboxylic acids is 1. The van der Waals surface area contributed by atoms with E-state index >= 15 is 0 Å². The first-order chi connectivity index (χ1) is 9.35. The van der Waals surface area contributed by atoms with Crippen LogP contribution in [0.15, 0.2) is 22.7 Å². The van der Waals surface area contributed by atoms with Gasteiger partial charge in [0, 0.05) is 11.0 Å². The molecule has 0 aromatic heterocycles. The quantitative estimate of drug-likeness (QED) is 0.870. The van der Waals surface area contributed by atoms with Crippen LogP contribution < -0.4 is 5.32 Å². The molecule has 0 spiro atoms. The summed E-state index contributed by atoms with van der Waals surface area (Å²) in [5.74, 6) is -0.119. The lowest BCUT2D eigenvalue weighted by molar-refractivity contribution is -0.118. The van der Waals surface area contributed by atoms with E-state index in [1.54, 1.807) is 12.1 Å². The van der Waals surface area contributed by atoms with Crippen LogP contribution in [0.4, 0.5) is 5.69 Å². The van der Waals surface area contributed by atoms with Gasteiger partial charge in [0.2, 0.25) is 5.91 Å². The van der Waals surface area contributed by atoms with Gasteiger partial charge in [-0.05, 0) is 44.5 Å². The molecule has 1 amide bonds. The summed E-state index contributed by atoms with van der Waals surface area (Å²) in [4.78, 5) is 14.0. The second-order valence-electron chi connectivity index (χ2n) is 5.48. The molecule has 0 saturated carbocycles. The fourth-order valence-electron chi connectivity index (χ4n) is 2.44. The molecular formula is C14H18BrClN2O2. The van der Waals surface area contributed by atoms with E-state index in [0.29, 0.717) is 17.3 Å². The van der Waals surface area contributed by atoms with Gasteiger partial charge >= 0.3 is 0 Å². The molecule has 6 heteroatoms. The highest BCUT2D eigenvalue weighted by molar-refractivity contribution is 9.10. The van der Waals surface area contributed by atoms with Gasteiger partial charge in [-0.25, -0.2) is 0 Å². The molecule has 0 bridgehead atoms. The number of rotatable bonds is 3. The Bertz CT molecular complexity index is 508. The van der Waals surface area contributed by atoms with Crippen LogP contribution in [-0.2, 0) is 4.79 Å². The van der Waals surface area contributed by atoms with E-state index in [2.05, 4.69) is 21.2 Å². The SMILES string of the molecule is CC1(O)CCCN(CC(=O)Nc2ccc(Br)cc2Cl)C1. The Morgan fingerprint density at radius 1 is 1.60 bits per heavy atom. The van der Waals surface area contributed by atoms with E-state index < -0.39 is 5.60 Å². The van der Waals surface area contributed by atoms with Crippen molar-refractivity contribution in [3.63, 3.8) is 0 Å². The third-order valence-corrected chi connectivity index (χ3v) is 4.13. The number of anilines is 1. The number of amides is 1. The Morgan fingerprint density at radius 2 is 2.35 bits per heavy atom. The predicted molar refractivity (Wildman–Crippen MR) is 84.1 cm³/mol. The second kappa shape index (κ2) is 6.43. The number of piperidine rings is 1. The monoisotopic (exact) mass is 360 g/mol. The normalized spacial score (nSPS) is 23.6. The molecule has 1 unspecified atom stereocenters. The molecule has 1 aliphatic rings. The third kappa shape index (κ3) is 4.45. The summed E-state index contributed by atoms with van der Waals surface area (Å²) in [6.07, 6.45) is 1.68. The highest BCUT2D eigenvalue weighted by Gasteiger charge is 2.29. The molecule has 0 radical (unpaired) electrons. The maximum Gasteiger partial charge on any atom is 0.238 e. The van der Waals surface area contributed by atoms with Crippen molar-refractivity contribution in [2.75, 3.05) is 25.0 Å². The molecule has 1 heterocycles. The van der Waals surface area contributed by atoms with Crippen molar-refractivity contribution in [2.45, 2.75) is 25.4 Å². The Labute approximate surface area is 132 Å². The van der Waals surface area contributed by atoms with Crippen molar-refractivity contribution >= 4 is 39.1 Å². The maximum atomic E-state index is 12.0. The van der Waals surface area contributed by atoms with Gasteiger partial charge in [0.1, 0.15) is 0 Å². The van der Waals surface area contributed by atoms with Gasteiger partial charge in [0.15, 0.2) is 0 Å². The topological polar surface area (TPSA) is 52.6 Å². The molecule has 2 rings (SSSR count). The number of hydrogen-bond acceptors (Lipinski definition) is 3. The van der Waals surface area contributed by atoms with Crippen LogP contribution in [0.3, 0.4) is 0 Å². The number of carbonyl (C=O) groups is 1. The zero-order valence-electron chi connectivity index (χ0n) is 11.3. The highest BCUT2D eigenvalue weighted by Crippen LogP contribution is 2.26. The molecule has 1 aromatic rings. The van der Waals surface area contributed by atoms with Crippen LogP contribution in [0.5, 0.6) is 0 Å². The van der Waals surface area contributed by atoms with Crippen LogP contribution in [0.2, 0.25) is 5.02 Å². The van der Waals surface area contributed by atoms with Crippen LogP contribution in [-0.4, -0.2) is 41.1 Å². The number of benzene rings is 1. The van der Waals surface area contributed by atoms with Crippen LogP contribution in [0, 0.1) is 0 Å². The second-order valence-corrected chi connectivity index (χ2v) is 6.81. The molecule has 1 saturated heterocycles. The molecule has 4 nitrogen and oxygen atoms in total. The molecule has 1 fully saturated rings. The van der Waals surface area contributed by atoms with Crippen molar-refractivity contribution in [3.8, 4) is 0 Å². The number of likely N-dealkylation sites (tertiary alicyclic amines) is 1. The molecule has 0 aliphatic carbocycles. The predicted octanol–water partition coefficient (Wildman–Crippen LogP) is 2.89. The summed E-state index contributed by atoms with van der Waals surface area (Å²) in [6, 6.07) is 5.33. The van der Waals surface area contributed by atoms with E-state index in [9.17, 15) is 9.90 Å². The summed E-state index contributed by atoms with van der Waals surface area (Å²) in [6.45, 7) is 3.43. The summed E-state index contributed by atoms with van der Waals surface area (Å²) in [5.41, 5.74) is -0.100. The molecule has 1 aliphatic heterocycles. The highest BCUT2D eigenvalue weighted by atomic mass is 79.9. The van der Waals surface area contributed by atoms with E-state index in [1.807, 2.05) is 17.9 Å². The van der Waals surface area contributed by atoms with Crippen molar-refractivity contribution in [1.82, 2.24) is 4.90 Å². The van der Waals surface area contributed by atoms with Crippen LogP contribution in [0.1, 0.15) is 19.8 Å². The number of nitrogens with zero attached hydrogens (tertiary/aromatic N) is 1. The average Bonchev–Trinajstić information content (AvgIpc) is 2.31. The largest absolute Gasteiger partial charge is 0.389 e. The number of aliphatic hydroxyl groups is 1. The van der Waals surface area contributed by atoms with Crippen LogP contribution in [0.25, 0.3) is 0 Å². The Kier molecular flexibility index (Phi) is 5.07. The maximum absolute atomic E-state index is 12.0. The van der Waals surface area contributed by atoms with Crippen molar-refractivity contribution in [3.05, 3.63) is 27.7 Å². The van der Waals surface area contributed by atoms with Crippen molar-refractivity contribution < 1.29 is 9.90 Å². The summed E-state index contributed by atoms with van der Waals surface area (Å²) in [5, 5.41) is 13.3. The first-order valence-corrected chi connectivity index (χ1v) is 7.72. The summed E-state index contributed by atoms with van der Waals surface area (Å²) >= 11 is 9.38. The Morgan fingerprint density at radius 3 is 3.00 bits per heavy atom. The standard InChI is InChI=1S/C14H18BrClN2O2/c1-14(20)5-2-6-18(9-14)8-13(19)17-12-4-3-10(15)7-11(12)16/h3-4,7,20H,2,5-6,8-9H2,1H3,(H,17,19). The summed E-state index contributed by atoms with van der Waals surface area (Å²) < 4.78 is 0.868. The minimum absolute atomic E-state index is 0.119. The Hall–Kier alpha value is -0.620. The Balaban J connectivity index is 1.92. The smallest absolute Gasteiger partial charge is 0.238 e. The molecule has 1 atom stereocenters. The minimum atomic E-state index is -0.701. The van der Waals surface area contributed by atoms with Gasteiger partial charge in [-0.1, -0.05) is 27.5 Å². The van der Waals surface area contributed by atoms with Crippen molar-refractivity contribution in [2.24, 2.45) is 0 Å². The first kappa shape index (κ1) is 15.8. The van der Waals surface area contributed by atoms with Crippen LogP contribution >= 0.6 is 27.5 Å². The number of halogens is 2.